The predicted octanol–water partition coefficient (Wildman–Crippen LogP) is 2.71. The van der Waals surface area contributed by atoms with Crippen molar-refractivity contribution in [3.05, 3.63) is 12.2 Å². The molecule has 2 atom stereocenters. The average molecular weight is 254 g/mol. The number of nitrogens with one attached hydrogen (secondary N) is 1. The third-order valence-electron chi connectivity index (χ3n) is 3.63. The molecule has 0 aromatic heterocycles. The Kier molecular flexibility index (Phi) is 5.60. The van der Waals surface area contributed by atoms with Crippen LogP contribution in [0, 0.1) is 16.7 Å². The fourth-order valence-corrected chi connectivity index (χ4v) is 1.50. The second-order valence-electron chi connectivity index (χ2n) is 7.16. The zero-order valence-corrected chi connectivity index (χ0v) is 13.1. The van der Waals surface area contributed by atoms with Gasteiger partial charge in [-0.25, -0.2) is 0 Å². The van der Waals surface area contributed by atoms with Crippen LogP contribution in [0.4, 0.5) is 0 Å². The van der Waals surface area contributed by atoms with E-state index in [-0.39, 0.29) is 28.7 Å². The van der Waals surface area contributed by atoms with Crippen LogP contribution in [0.5, 0.6) is 0 Å². The summed E-state index contributed by atoms with van der Waals surface area (Å²) in [5.74, 6) is -0.0114. The summed E-state index contributed by atoms with van der Waals surface area (Å²) in [6, 6.07) is -0.151. The zero-order chi connectivity index (χ0) is 14.7. The molecule has 0 saturated carbocycles. The van der Waals surface area contributed by atoms with Crippen molar-refractivity contribution in [3.8, 4) is 0 Å². The average Bonchev–Trinajstić information content (AvgIpc) is 2.20. The highest BCUT2D eigenvalue weighted by molar-refractivity contribution is 5.79. The standard InChI is InChI=1S/C15H30N2O/c1-10(14(3,4)5)12(9-16)17-13(18)11(2)15(6,7)8/h11-12H,1,9,16H2,2-8H3,(H,17,18)/t11?,12-/m0/s1. The first kappa shape index (κ1) is 17.2. The van der Waals surface area contributed by atoms with E-state index in [9.17, 15) is 4.79 Å². The van der Waals surface area contributed by atoms with E-state index in [1.54, 1.807) is 0 Å². The van der Waals surface area contributed by atoms with Crippen LogP contribution in [0.25, 0.3) is 0 Å². The van der Waals surface area contributed by atoms with Gasteiger partial charge in [-0.15, -0.1) is 0 Å². The summed E-state index contributed by atoms with van der Waals surface area (Å²) >= 11 is 0. The van der Waals surface area contributed by atoms with E-state index in [0.29, 0.717) is 6.54 Å². The van der Waals surface area contributed by atoms with Crippen molar-refractivity contribution < 1.29 is 4.79 Å². The minimum Gasteiger partial charge on any atom is -0.348 e. The quantitative estimate of drug-likeness (QED) is 0.758. The Morgan fingerprint density at radius 2 is 1.67 bits per heavy atom. The first-order valence-electron chi connectivity index (χ1n) is 6.61. The van der Waals surface area contributed by atoms with E-state index in [1.807, 2.05) is 6.92 Å². The van der Waals surface area contributed by atoms with E-state index in [4.69, 9.17) is 5.73 Å². The summed E-state index contributed by atoms with van der Waals surface area (Å²) < 4.78 is 0. The zero-order valence-electron chi connectivity index (χ0n) is 13.1. The molecule has 1 unspecified atom stereocenters. The van der Waals surface area contributed by atoms with Gasteiger partial charge in [0.1, 0.15) is 0 Å². The maximum Gasteiger partial charge on any atom is 0.223 e. The Hall–Kier alpha value is -0.830. The van der Waals surface area contributed by atoms with Crippen molar-refractivity contribution in [2.75, 3.05) is 6.54 Å². The van der Waals surface area contributed by atoms with Gasteiger partial charge in [0.25, 0.3) is 0 Å². The van der Waals surface area contributed by atoms with Crippen LogP contribution >= 0.6 is 0 Å². The fraction of sp³-hybridized carbons (Fsp3) is 0.800. The molecule has 0 aliphatic carbocycles. The Balaban J connectivity index is 4.76. The molecule has 0 heterocycles. The minimum atomic E-state index is -0.151. The lowest BCUT2D eigenvalue weighted by Crippen LogP contribution is -2.47. The largest absolute Gasteiger partial charge is 0.348 e. The van der Waals surface area contributed by atoms with Crippen LogP contribution in [0.3, 0.4) is 0 Å². The molecular weight excluding hydrogens is 224 g/mol. The molecule has 18 heavy (non-hydrogen) atoms. The first-order chi connectivity index (χ1) is 7.91. The molecule has 0 aromatic rings. The van der Waals surface area contributed by atoms with Gasteiger partial charge in [-0.3, -0.25) is 4.79 Å². The van der Waals surface area contributed by atoms with Gasteiger partial charge in [-0.1, -0.05) is 55.0 Å². The molecule has 3 nitrogen and oxygen atoms in total. The van der Waals surface area contributed by atoms with Crippen LogP contribution in [0.1, 0.15) is 48.5 Å². The van der Waals surface area contributed by atoms with Gasteiger partial charge >= 0.3 is 0 Å². The number of carbonyl (C=O) groups excluding carboxylic acids is 1. The molecule has 0 bridgehead atoms. The molecule has 3 heteroatoms. The molecule has 0 rings (SSSR count). The number of carbonyl (C=O) groups is 1. The summed E-state index contributed by atoms with van der Waals surface area (Å²) in [7, 11) is 0. The van der Waals surface area contributed by atoms with Crippen molar-refractivity contribution in [2.24, 2.45) is 22.5 Å². The fourth-order valence-electron chi connectivity index (χ4n) is 1.50. The van der Waals surface area contributed by atoms with E-state index < -0.39 is 0 Å². The Morgan fingerprint density at radius 1 is 1.22 bits per heavy atom. The lowest BCUT2D eigenvalue weighted by Gasteiger charge is -2.32. The molecule has 0 fully saturated rings. The molecule has 0 radical (unpaired) electrons. The van der Waals surface area contributed by atoms with Crippen molar-refractivity contribution in [3.63, 3.8) is 0 Å². The van der Waals surface area contributed by atoms with Crippen molar-refractivity contribution >= 4 is 5.91 Å². The Bertz CT molecular complexity index is 307. The van der Waals surface area contributed by atoms with Crippen molar-refractivity contribution in [2.45, 2.75) is 54.5 Å². The Morgan fingerprint density at radius 3 is 1.94 bits per heavy atom. The number of hydrogen-bond acceptors (Lipinski definition) is 2. The normalized spacial score (nSPS) is 16.0. The Labute approximate surface area is 112 Å². The van der Waals surface area contributed by atoms with Crippen LogP contribution in [-0.2, 0) is 4.79 Å². The van der Waals surface area contributed by atoms with Gasteiger partial charge in [0.15, 0.2) is 0 Å². The van der Waals surface area contributed by atoms with Gasteiger partial charge in [-0.2, -0.15) is 0 Å². The second-order valence-corrected chi connectivity index (χ2v) is 7.16. The number of hydrogen-bond donors (Lipinski definition) is 2. The van der Waals surface area contributed by atoms with Gasteiger partial charge < -0.3 is 11.1 Å². The highest BCUT2D eigenvalue weighted by Crippen LogP contribution is 2.28. The lowest BCUT2D eigenvalue weighted by atomic mass is 9.80. The minimum absolute atomic E-state index is 0.0448. The number of nitrogens with two attached hydrogens (primary N) is 1. The van der Waals surface area contributed by atoms with Gasteiger partial charge in [-0.05, 0) is 16.4 Å². The summed E-state index contributed by atoms with van der Waals surface area (Å²) in [5, 5.41) is 3.02. The van der Waals surface area contributed by atoms with Crippen molar-refractivity contribution in [1.29, 1.82) is 0 Å². The third kappa shape index (κ3) is 4.81. The van der Waals surface area contributed by atoms with E-state index in [2.05, 4.69) is 53.4 Å². The van der Waals surface area contributed by atoms with Crippen LogP contribution in [0.2, 0.25) is 0 Å². The van der Waals surface area contributed by atoms with Gasteiger partial charge in [0, 0.05) is 12.5 Å². The van der Waals surface area contributed by atoms with Crippen LogP contribution < -0.4 is 11.1 Å². The molecule has 0 aromatic carbocycles. The van der Waals surface area contributed by atoms with Crippen molar-refractivity contribution in [1.82, 2.24) is 5.32 Å². The summed E-state index contributed by atoms with van der Waals surface area (Å²) in [5.41, 5.74) is 6.62. The van der Waals surface area contributed by atoms with Crippen LogP contribution in [0.15, 0.2) is 12.2 Å². The summed E-state index contributed by atoms with van der Waals surface area (Å²) in [6.07, 6.45) is 0. The molecule has 0 aliphatic heterocycles. The van der Waals surface area contributed by atoms with Crippen LogP contribution in [-0.4, -0.2) is 18.5 Å². The summed E-state index contributed by atoms with van der Waals surface area (Å²) in [4.78, 5) is 12.2. The highest BCUT2D eigenvalue weighted by Gasteiger charge is 2.30. The van der Waals surface area contributed by atoms with E-state index >= 15 is 0 Å². The smallest absolute Gasteiger partial charge is 0.223 e. The van der Waals surface area contributed by atoms with Gasteiger partial charge in [0.05, 0.1) is 6.04 Å². The first-order valence-corrected chi connectivity index (χ1v) is 6.61. The topological polar surface area (TPSA) is 55.1 Å². The number of amides is 1. The monoisotopic (exact) mass is 254 g/mol. The lowest BCUT2D eigenvalue weighted by molar-refractivity contribution is -0.128. The summed E-state index contributed by atoms with van der Waals surface area (Å²) in [6.45, 7) is 18.8. The van der Waals surface area contributed by atoms with E-state index in [1.165, 1.54) is 0 Å². The molecule has 0 saturated heterocycles. The SMILES string of the molecule is C=C([C@H](CN)NC(=O)C(C)C(C)(C)C)C(C)(C)C. The van der Waals surface area contributed by atoms with E-state index in [0.717, 1.165) is 5.57 Å². The maximum absolute atomic E-state index is 12.2. The predicted molar refractivity (Wildman–Crippen MR) is 78.2 cm³/mol. The third-order valence-corrected chi connectivity index (χ3v) is 3.63. The van der Waals surface area contributed by atoms with Gasteiger partial charge in [0.2, 0.25) is 5.91 Å². The number of rotatable bonds is 4. The maximum atomic E-state index is 12.2. The molecule has 0 spiro atoms. The molecule has 3 N–H and O–H groups in total. The molecule has 0 aliphatic rings. The second kappa shape index (κ2) is 5.87. The molecular formula is C15H30N2O. The molecule has 106 valence electrons. The highest BCUT2D eigenvalue weighted by atomic mass is 16.2. The molecule has 1 amide bonds.